The Morgan fingerprint density at radius 2 is 2.00 bits per heavy atom. The van der Waals surface area contributed by atoms with Crippen LogP contribution in [0.5, 0.6) is 0 Å². The highest BCUT2D eigenvalue weighted by atomic mass is 32.2. The van der Waals surface area contributed by atoms with Crippen LogP contribution in [-0.4, -0.2) is 41.3 Å². The van der Waals surface area contributed by atoms with E-state index in [1.54, 1.807) is 34.7 Å². The molecule has 0 aliphatic carbocycles. The SMILES string of the molecule is CCS(=O)(=O)N1CCC(Cn2nc(-c3cccs3)ccc2=O)CC1. The van der Waals surface area contributed by atoms with Crippen molar-refractivity contribution >= 4 is 21.4 Å². The molecule has 24 heavy (non-hydrogen) atoms. The lowest BCUT2D eigenvalue weighted by molar-refractivity contribution is 0.245. The fourth-order valence-electron chi connectivity index (χ4n) is 2.93. The third-order valence-electron chi connectivity index (χ3n) is 4.40. The minimum atomic E-state index is -3.11. The third-order valence-corrected chi connectivity index (χ3v) is 7.18. The van der Waals surface area contributed by atoms with E-state index in [2.05, 4.69) is 5.10 Å². The van der Waals surface area contributed by atoms with Crippen molar-refractivity contribution in [3.8, 4) is 10.6 Å². The van der Waals surface area contributed by atoms with Crippen molar-refractivity contribution < 1.29 is 8.42 Å². The molecule has 0 radical (unpaired) electrons. The van der Waals surface area contributed by atoms with Gasteiger partial charge in [0.25, 0.3) is 5.56 Å². The highest BCUT2D eigenvalue weighted by Gasteiger charge is 2.27. The Labute approximate surface area is 145 Å². The van der Waals surface area contributed by atoms with Crippen LogP contribution in [0.3, 0.4) is 0 Å². The molecule has 1 aliphatic heterocycles. The summed E-state index contributed by atoms with van der Waals surface area (Å²) in [6, 6.07) is 7.25. The molecule has 2 aromatic rings. The Morgan fingerprint density at radius 3 is 2.62 bits per heavy atom. The predicted molar refractivity (Wildman–Crippen MR) is 95.6 cm³/mol. The van der Waals surface area contributed by atoms with Gasteiger partial charge >= 0.3 is 0 Å². The molecule has 0 atom stereocenters. The number of sulfonamides is 1. The van der Waals surface area contributed by atoms with Crippen molar-refractivity contribution in [2.75, 3.05) is 18.8 Å². The molecular weight excluding hydrogens is 346 g/mol. The van der Waals surface area contributed by atoms with Crippen molar-refractivity contribution in [2.45, 2.75) is 26.3 Å². The van der Waals surface area contributed by atoms with E-state index in [9.17, 15) is 13.2 Å². The van der Waals surface area contributed by atoms with Crippen LogP contribution in [0.2, 0.25) is 0 Å². The standard InChI is InChI=1S/C16H21N3O3S2/c1-2-24(21,22)18-9-7-13(8-10-18)12-19-16(20)6-5-14(17-19)15-4-3-11-23-15/h3-6,11,13H,2,7-10,12H2,1H3. The zero-order valence-corrected chi connectivity index (χ0v) is 15.2. The molecule has 3 heterocycles. The van der Waals surface area contributed by atoms with Gasteiger partial charge in [-0.15, -0.1) is 11.3 Å². The van der Waals surface area contributed by atoms with Crippen molar-refractivity contribution in [1.82, 2.24) is 14.1 Å². The summed E-state index contributed by atoms with van der Waals surface area (Å²) in [4.78, 5) is 13.1. The molecular formula is C16H21N3O3S2. The van der Waals surface area contributed by atoms with Crippen LogP contribution in [0, 0.1) is 5.92 Å². The Bertz CT molecular complexity index is 836. The first-order valence-corrected chi connectivity index (χ1v) is 10.6. The molecule has 130 valence electrons. The second kappa shape index (κ2) is 7.16. The molecule has 3 rings (SSSR count). The number of thiophene rings is 1. The zero-order valence-electron chi connectivity index (χ0n) is 13.6. The van der Waals surface area contributed by atoms with E-state index >= 15 is 0 Å². The maximum atomic E-state index is 12.1. The summed E-state index contributed by atoms with van der Waals surface area (Å²) in [6.45, 7) is 3.26. The average Bonchev–Trinajstić information content (AvgIpc) is 3.12. The predicted octanol–water partition coefficient (Wildman–Crippen LogP) is 2.03. The summed E-state index contributed by atoms with van der Waals surface area (Å²) in [7, 11) is -3.11. The van der Waals surface area contributed by atoms with Crippen molar-refractivity contribution in [2.24, 2.45) is 5.92 Å². The van der Waals surface area contributed by atoms with Crippen LogP contribution in [-0.2, 0) is 16.6 Å². The fourth-order valence-corrected chi connectivity index (χ4v) is 4.76. The van der Waals surface area contributed by atoms with Gasteiger partial charge in [-0.1, -0.05) is 6.07 Å². The summed E-state index contributed by atoms with van der Waals surface area (Å²) < 4.78 is 26.9. The van der Waals surface area contributed by atoms with Gasteiger partial charge in [0.2, 0.25) is 10.0 Å². The lowest BCUT2D eigenvalue weighted by Gasteiger charge is -2.30. The second-order valence-corrected chi connectivity index (χ2v) is 9.16. The van der Waals surface area contributed by atoms with Crippen molar-refractivity contribution in [3.05, 3.63) is 40.0 Å². The van der Waals surface area contributed by atoms with E-state index in [-0.39, 0.29) is 17.2 Å². The first kappa shape index (κ1) is 17.3. The fraction of sp³-hybridized carbons (Fsp3) is 0.500. The van der Waals surface area contributed by atoms with Crippen LogP contribution in [0.4, 0.5) is 0 Å². The highest BCUT2D eigenvalue weighted by Crippen LogP contribution is 2.23. The minimum Gasteiger partial charge on any atom is -0.268 e. The summed E-state index contributed by atoms with van der Waals surface area (Å²) in [5.41, 5.74) is 0.689. The van der Waals surface area contributed by atoms with Crippen LogP contribution in [0.15, 0.2) is 34.4 Å². The maximum Gasteiger partial charge on any atom is 0.266 e. The number of rotatable bonds is 5. The number of hydrogen-bond acceptors (Lipinski definition) is 5. The molecule has 6 nitrogen and oxygen atoms in total. The second-order valence-electron chi connectivity index (χ2n) is 5.96. The molecule has 0 unspecified atom stereocenters. The molecule has 0 bridgehead atoms. The number of piperidine rings is 1. The third kappa shape index (κ3) is 3.76. The van der Waals surface area contributed by atoms with Gasteiger partial charge in [0, 0.05) is 25.7 Å². The molecule has 1 fully saturated rings. The van der Waals surface area contributed by atoms with Crippen LogP contribution >= 0.6 is 11.3 Å². The van der Waals surface area contributed by atoms with Gasteiger partial charge in [0.1, 0.15) is 5.69 Å². The van der Waals surface area contributed by atoms with Gasteiger partial charge in [0.15, 0.2) is 0 Å². The van der Waals surface area contributed by atoms with Crippen LogP contribution in [0.25, 0.3) is 10.6 Å². The quantitative estimate of drug-likeness (QED) is 0.811. The molecule has 0 spiro atoms. The largest absolute Gasteiger partial charge is 0.268 e. The molecule has 1 aliphatic rings. The Balaban J connectivity index is 1.69. The maximum absolute atomic E-state index is 12.1. The van der Waals surface area contributed by atoms with Gasteiger partial charge in [-0.25, -0.2) is 17.4 Å². The molecule has 0 N–H and O–H groups in total. The van der Waals surface area contributed by atoms with E-state index in [1.807, 2.05) is 17.5 Å². The highest BCUT2D eigenvalue weighted by molar-refractivity contribution is 7.89. The molecule has 1 saturated heterocycles. The molecule has 0 aromatic carbocycles. The minimum absolute atomic E-state index is 0.112. The van der Waals surface area contributed by atoms with Gasteiger partial charge in [-0.05, 0) is 43.2 Å². The van der Waals surface area contributed by atoms with Crippen LogP contribution < -0.4 is 5.56 Å². The van der Waals surface area contributed by atoms with Gasteiger partial charge in [-0.3, -0.25) is 4.79 Å². The normalized spacial score (nSPS) is 17.2. The summed E-state index contributed by atoms with van der Waals surface area (Å²) in [5, 5.41) is 6.46. The lowest BCUT2D eigenvalue weighted by atomic mass is 9.98. The van der Waals surface area contributed by atoms with E-state index in [1.165, 1.54) is 4.68 Å². The molecule has 2 aromatic heterocycles. The van der Waals surface area contributed by atoms with Gasteiger partial charge in [0.05, 0.1) is 10.6 Å². The van der Waals surface area contributed by atoms with E-state index in [0.717, 1.165) is 23.4 Å². The first-order valence-electron chi connectivity index (χ1n) is 8.09. The number of hydrogen-bond donors (Lipinski definition) is 0. The smallest absolute Gasteiger partial charge is 0.266 e. The lowest BCUT2D eigenvalue weighted by Crippen LogP contribution is -2.40. The van der Waals surface area contributed by atoms with E-state index < -0.39 is 10.0 Å². The number of nitrogens with zero attached hydrogens (tertiary/aromatic N) is 3. The topological polar surface area (TPSA) is 72.3 Å². The average molecular weight is 367 g/mol. The van der Waals surface area contributed by atoms with E-state index in [0.29, 0.717) is 19.6 Å². The monoisotopic (exact) mass is 367 g/mol. The van der Waals surface area contributed by atoms with Crippen molar-refractivity contribution in [1.29, 1.82) is 0 Å². The molecule has 0 saturated carbocycles. The summed E-state index contributed by atoms with van der Waals surface area (Å²) in [6.07, 6.45) is 1.52. The zero-order chi connectivity index (χ0) is 17.2. The number of aromatic nitrogens is 2. The van der Waals surface area contributed by atoms with Crippen LogP contribution in [0.1, 0.15) is 19.8 Å². The van der Waals surface area contributed by atoms with E-state index in [4.69, 9.17) is 0 Å². The Hall–Kier alpha value is -1.51. The molecule has 8 heteroatoms. The summed E-state index contributed by atoms with van der Waals surface area (Å²) >= 11 is 1.59. The Kier molecular flexibility index (Phi) is 5.17. The first-order chi connectivity index (χ1) is 11.5. The summed E-state index contributed by atoms with van der Waals surface area (Å²) in [5.74, 6) is 0.416. The molecule has 0 amide bonds. The Morgan fingerprint density at radius 1 is 1.25 bits per heavy atom. The van der Waals surface area contributed by atoms with Gasteiger partial charge in [-0.2, -0.15) is 5.10 Å². The van der Waals surface area contributed by atoms with Crippen molar-refractivity contribution in [3.63, 3.8) is 0 Å². The van der Waals surface area contributed by atoms with Gasteiger partial charge < -0.3 is 0 Å².